The van der Waals surface area contributed by atoms with Crippen LogP contribution in [0.2, 0.25) is 0 Å². The van der Waals surface area contributed by atoms with Crippen molar-refractivity contribution < 1.29 is 50.2 Å². The predicted octanol–water partition coefficient (Wildman–Crippen LogP) is -2.03. The fraction of sp³-hybridized carbons (Fsp3) is 0.286. The molecule has 2 aromatic rings. The minimum absolute atomic E-state index is 0. The molecule has 0 atom stereocenters. The third kappa shape index (κ3) is 6.33. The van der Waals surface area contributed by atoms with Crippen molar-refractivity contribution in [1.29, 1.82) is 0 Å². The second kappa shape index (κ2) is 9.15. The first kappa shape index (κ1) is 21.4. The molecule has 1 amide bonds. The highest BCUT2D eigenvalue weighted by atomic mass is 35.5. The minimum Gasteiger partial charge on any atom is -1.00 e. The molecule has 4 N–H and O–H groups in total. The highest BCUT2D eigenvalue weighted by molar-refractivity contribution is 6.05. The first-order chi connectivity index (χ1) is 11.8. The molecule has 0 unspecified atom stereocenters. The molecule has 0 spiro atoms. The van der Waals surface area contributed by atoms with E-state index in [0.29, 0.717) is 6.54 Å². The molecule has 0 bridgehead atoms. The third-order valence-electron chi connectivity index (χ3n) is 2.78. The number of hydrogen-bond donors (Lipinski definition) is 2. The summed E-state index contributed by atoms with van der Waals surface area (Å²) in [6.45, 7) is 0.331. The zero-order chi connectivity index (χ0) is 18.4. The number of carbonyl (C=O) groups is 2. The van der Waals surface area contributed by atoms with E-state index in [0.717, 1.165) is 0 Å². The molecular formula is C14H14ClF3N4O4. The molecule has 1 aromatic heterocycles. The van der Waals surface area contributed by atoms with Crippen molar-refractivity contribution in [2.75, 3.05) is 11.9 Å². The van der Waals surface area contributed by atoms with Gasteiger partial charge in [0.15, 0.2) is 5.82 Å². The lowest BCUT2D eigenvalue weighted by Crippen LogP contribution is -3.00. The summed E-state index contributed by atoms with van der Waals surface area (Å²) >= 11 is 0. The Morgan fingerprint density at radius 3 is 2.62 bits per heavy atom. The number of alkyl halides is 3. The molecule has 0 fully saturated rings. The normalized spacial score (nSPS) is 10.8. The molecule has 142 valence electrons. The number of halogens is 4. The predicted molar refractivity (Wildman–Crippen MR) is 76.5 cm³/mol. The summed E-state index contributed by atoms with van der Waals surface area (Å²) in [5.41, 5.74) is 3.50. The van der Waals surface area contributed by atoms with Gasteiger partial charge < -0.3 is 27.4 Å². The van der Waals surface area contributed by atoms with E-state index in [4.69, 9.17) is 4.74 Å². The molecule has 0 saturated heterocycles. The van der Waals surface area contributed by atoms with Crippen LogP contribution in [0.3, 0.4) is 0 Å². The Morgan fingerprint density at radius 2 is 1.96 bits per heavy atom. The van der Waals surface area contributed by atoms with Crippen molar-refractivity contribution in [2.24, 2.45) is 0 Å². The van der Waals surface area contributed by atoms with Crippen LogP contribution >= 0.6 is 0 Å². The minimum atomic E-state index is -4.50. The number of nitrogens with one attached hydrogen (secondary N) is 1. The number of amides is 1. The zero-order valence-electron chi connectivity index (χ0n) is 13.2. The van der Waals surface area contributed by atoms with Crippen LogP contribution in [-0.4, -0.2) is 34.7 Å². The maximum absolute atomic E-state index is 12.3. The van der Waals surface area contributed by atoms with Gasteiger partial charge >= 0.3 is 18.2 Å². The van der Waals surface area contributed by atoms with E-state index in [-0.39, 0.29) is 30.1 Å². The van der Waals surface area contributed by atoms with Gasteiger partial charge in [-0.05, 0) is 12.1 Å². The number of esters is 1. The van der Waals surface area contributed by atoms with Gasteiger partial charge in [-0.2, -0.15) is 18.2 Å². The Bertz CT molecular complexity index is 767. The SMILES string of the molecule is [Cl-].[NH3+]CCC(=O)Oc1ccccc1C(=O)Nc1nc(CC(F)(F)F)no1. The van der Waals surface area contributed by atoms with Crippen molar-refractivity contribution in [3.05, 3.63) is 35.7 Å². The van der Waals surface area contributed by atoms with Crippen molar-refractivity contribution >= 4 is 17.9 Å². The molecule has 0 radical (unpaired) electrons. The number of aromatic nitrogens is 2. The van der Waals surface area contributed by atoms with Crippen molar-refractivity contribution in [2.45, 2.75) is 19.0 Å². The number of carbonyl (C=O) groups excluding carboxylic acids is 2. The standard InChI is InChI=1S/C14H13F3N4O4.ClH/c15-14(16,17)7-10-19-13(25-21-10)20-12(23)8-3-1-2-4-9(8)24-11(22)5-6-18;/h1-4H,5-7,18H2,(H,19,20,21,23);1H. The first-order valence-electron chi connectivity index (χ1n) is 7.08. The summed E-state index contributed by atoms with van der Waals surface area (Å²) in [5, 5.41) is 5.29. The van der Waals surface area contributed by atoms with Gasteiger partial charge in [-0.15, -0.1) is 0 Å². The third-order valence-corrected chi connectivity index (χ3v) is 2.78. The average molecular weight is 395 g/mol. The van der Waals surface area contributed by atoms with Gasteiger partial charge in [-0.3, -0.25) is 14.9 Å². The summed E-state index contributed by atoms with van der Waals surface area (Å²) in [6, 6.07) is 5.35. The van der Waals surface area contributed by atoms with E-state index in [1.165, 1.54) is 18.2 Å². The lowest BCUT2D eigenvalue weighted by Gasteiger charge is -2.08. The van der Waals surface area contributed by atoms with Gasteiger partial charge in [0.1, 0.15) is 12.2 Å². The average Bonchev–Trinajstić information content (AvgIpc) is 2.92. The van der Waals surface area contributed by atoms with E-state index < -0.39 is 36.3 Å². The lowest BCUT2D eigenvalue weighted by atomic mass is 10.2. The Labute approximate surface area is 151 Å². The van der Waals surface area contributed by atoms with Crippen LogP contribution in [0.1, 0.15) is 22.6 Å². The maximum Gasteiger partial charge on any atom is 0.396 e. The summed E-state index contributed by atoms with van der Waals surface area (Å²) in [6.07, 6.45) is -5.81. The number of ether oxygens (including phenoxy) is 1. The molecule has 2 rings (SSSR count). The summed E-state index contributed by atoms with van der Waals surface area (Å²) < 4.78 is 46.4. The number of anilines is 1. The molecule has 1 heterocycles. The van der Waals surface area contributed by atoms with Crippen LogP contribution in [0.5, 0.6) is 5.75 Å². The monoisotopic (exact) mass is 394 g/mol. The fourth-order valence-electron chi connectivity index (χ4n) is 1.78. The summed E-state index contributed by atoms with van der Waals surface area (Å²) in [5.74, 6) is -1.97. The molecule has 26 heavy (non-hydrogen) atoms. The van der Waals surface area contributed by atoms with Crippen LogP contribution in [0, 0.1) is 0 Å². The van der Waals surface area contributed by atoms with E-state index in [1.807, 2.05) is 0 Å². The van der Waals surface area contributed by atoms with E-state index in [2.05, 4.69) is 25.7 Å². The van der Waals surface area contributed by atoms with E-state index >= 15 is 0 Å². The van der Waals surface area contributed by atoms with Gasteiger partial charge in [0.05, 0.1) is 18.5 Å². The number of quaternary nitrogens is 1. The highest BCUT2D eigenvalue weighted by Gasteiger charge is 2.31. The molecular weight excluding hydrogens is 381 g/mol. The molecule has 8 nitrogen and oxygen atoms in total. The van der Waals surface area contributed by atoms with Gasteiger partial charge in [0.2, 0.25) is 0 Å². The van der Waals surface area contributed by atoms with Crippen LogP contribution < -0.4 is 28.2 Å². The quantitative estimate of drug-likeness (QED) is 0.430. The molecule has 0 aliphatic heterocycles. The van der Waals surface area contributed by atoms with Crippen molar-refractivity contribution in [3.63, 3.8) is 0 Å². The number of hydrogen-bond acceptors (Lipinski definition) is 6. The second-order valence-corrected chi connectivity index (χ2v) is 4.84. The molecule has 0 aliphatic carbocycles. The smallest absolute Gasteiger partial charge is 0.396 e. The fourth-order valence-corrected chi connectivity index (χ4v) is 1.78. The Kier molecular flexibility index (Phi) is 7.53. The van der Waals surface area contributed by atoms with E-state index in [1.54, 1.807) is 6.07 Å². The number of nitrogens with zero attached hydrogens (tertiary/aromatic N) is 2. The highest BCUT2D eigenvalue weighted by Crippen LogP contribution is 2.22. The lowest BCUT2D eigenvalue weighted by molar-refractivity contribution is -0.366. The van der Waals surface area contributed by atoms with Crippen LogP contribution in [-0.2, 0) is 11.2 Å². The topological polar surface area (TPSA) is 122 Å². The van der Waals surface area contributed by atoms with Gasteiger partial charge in [0, 0.05) is 0 Å². The molecule has 1 aromatic carbocycles. The molecule has 12 heteroatoms. The van der Waals surface area contributed by atoms with Crippen molar-refractivity contribution in [1.82, 2.24) is 10.1 Å². The number of rotatable bonds is 6. The van der Waals surface area contributed by atoms with Crippen LogP contribution in [0.25, 0.3) is 0 Å². The van der Waals surface area contributed by atoms with Crippen LogP contribution in [0.4, 0.5) is 19.2 Å². The van der Waals surface area contributed by atoms with Crippen molar-refractivity contribution in [3.8, 4) is 5.75 Å². The van der Waals surface area contributed by atoms with Gasteiger partial charge in [-0.25, -0.2) is 0 Å². The maximum atomic E-state index is 12.3. The first-order valence-corrected chi connectivity index (χ1v) is 7.08. The second-order valence-electron chi connectivity index (χ2n) is 4.84. The van der Waals surface area contributed by atoms with Crippen LogP contribution in [0.15, 0.2) is 28.8 Å². The summed E-state index contributed by atoms with van der Waals surface area (Å²) in [4.78, 5) is 27.2. The molecule has 0 aliphatic rings. The Morgan fingerprint density at radius 1 is 1.27 bits per heavy atom. The Hall–Kier alpha value is -2.66. The number of benzene rings is 1. The van der Waals surface area contributed by atoms with Gasteiger partial charge in [-0.1, -0.05) is 17.3 Å². The van der Waals surface area contributed by atoms with E-state index in [9.17, 15) is 22.8 Å². The zero-order valence-corrected chi connectivity index (χ0v) is 13.9. The van der Waals surface area contributed by atoms with Gasteiger partial charge in [0.25, 0.3) is 5.91 Å². The largest absolute Gasteiger partial charge is 1.00 e. The molecule has 0 saturated carbocycles. The number of para-hydroxylation sites is 1. The summed E-state index contributed by atoms with van der Waals surface area (Å²) in [7, 11) is 0. The Balaban J connectivity index is 0.00000338.